The summed E-state index contributed by atoms with van der Waals surface area (Å²) in [5.74, 6) is -0.923. The van der Waals surface area contributed by atoms with Crippen LogP contribution in [0.3, 0.4) is 0 Å². The first-order valence-electron chi connectivity index (χ1n) is 5.17. The quantitative estimate of drug-likeness (QED) is 0.491. The van der Waals surface area contributed by atoms with Gasteiger partial charge < -0.3 is 4.74 Å². The van der Waals surface area contributed by atoms with Crippen molar-refractivity contribution in [2.75, 3.05) is 20.3 Å². The molecule has 0 aromatic heterocycles. The molecule has 18 heavy (non-hydrogen) atoms. The Kier molecular flexibility index (Phi) is 6.35. The minimum Gasteiger partial charge on any atom is -0.382 e. The standard InChI is InChI=1S/C12H13ClFNO3/c1-17-6-7-18-15-12(16)5-3-9-2-4-11(14)10(13)8-9/h2-5,8H,6-7H2,1H3,(H,15,16)/b5-3+. The van der Waals surface area contributed by atoms with Crippen LogP contribution in [0.25, 0.3) is 6.08 Å². The molecule has 0 spiro atoms. The van der Waals surface area contributed by atoms with Gasteiger partial charge in [-0.05, 0) is 23.8 Å². The van der Waals surface area contributed by atoms with Gasteiger partial charge in [0, 0.05) is 13.2 Å². The lowest BCUT2D eigenvalue weighted by Crippen LogP contribution is -2.23. The second-order valence-corrected chi connectivity index (χ2v) is 3.72. The summed E-state index contributed by atoms with van der Waals surface area (Å²) in [7, 11) is 1.53. The molecule has 1 aromatic carbocycles. The van der Waals surface area contributed by atoms with E-state index >= 15 is 0 Å². The fourth-order valence-corrected chi connectivity index (χ4v) is 1.26. The molecule has 6 heteroatoms. The molecule has 0 unspecified atom stereocenters. The van der Waals surface area contributed by atoms with Gasteiger partial charge >= 0.3 is 0 Å². The van der Waals surface area contributed by atoms with E-state index in [1.807, 2.05) is 0 Å². The molecular weight excluding hydrogens is 261 g/mol. The first-order valence-corrected chi connectivity index (χ1v) is 5.55. The number of nitrogens with one attached hydrogen (secondary N) is 1. The molecule has 0 radical (unpaired) electrons. The minimum absolute atomic E-state index is 0.00824. The highest BCUT2D eigenvalue weighted by molar-refractivity contribution is 6.30. The summed E-state index contributed by atoms with van der Waals surface area (Å²) in [6.07, 6.45) is 2.76. The Hall–Kier alpha value is -1.43. The Labute approximate surface area is 109 Å². The zero-order valence-electron chi connectivity index (χ0n) is 9.78. The lowest BCUT2D eigenvalue weighted by atomic mass is 10.2. The largest absolute Gasteiger partial charge is 0.382 e. The predicted octanol–water partition coefficient (Wildman–Crippen LogP) is 2.19. The van der Waals surface area contributed by atoms with Crippen molar-refractivity contribution in [1.82, 2.24) is 5.48 Å². The number of hydrogen-bond donors (Lipinski definition) is 1. The van der Waals surface area contributed by atoms with Crippen LogP contribution in [-0.4, -0.2) is 26.2 Å². The van der Waals surface area contributed by atoms with Gasteiger partial charge in [0.1, 0.15) is 5.82 Å². The predicted molar refractivity (Wildman–Crippen MR) is 66.4 cm³/mol. The number of halogens is 2. The Balaban J connectivity index is 2.43. The Morgan fingerprint density at radius 3 is 2.94 bits per heavy atom. The molecule has 1 N–H and O–H groups in total. The number of ether oxygens (including phenoxy) is 1. The SMILES string of the molecule is COCCONC(=O)/C=C/c1ccc(F)c(Cl)c1. The monoisotopic (exact) mass is 273 g/mol. The summed E-state index contributed by atoms with van der Waals surface area (Å²) >= 11 is 5.60. The topological polar surface area (TPSA) is 47.6 Å². The molecule has 0 saturated carbocycles. The highest BCUT2D eigenvalue weighted by Gasteiger charge is 1.99. The number of benzene rings is 1. The minimum atomic E-state index is -0.499. The van der Waals surface area contributed by atoms with Gasteiger partial charge in [-0.25, -0.2) is 9.87 Å². The molecule has 98 valence electrons. The van der Waals surface area contributed by atoms with Gasteiger partial charge in [-0.1, -0.05) is 17.7 Å². The fourth-order valence-electron chi connectivity index (χ4n) is 1.07. The first kappa shape index (κ1) is 14.6. The second-order valence-electron chi connectivity index (χ2n) is 3.31. The van der Waals surface area contributed by atoms with E-state index in [-0.39, 0.29) is 11.6 Å². The van der Waals surface area contributed by atoms with Crippen LogP contribution in [0.1, 0.15) is 5.56 Å². The molecule has 4 nitrogen and oxygen atoms in total. The van der Waals surface area contributed by atoms with Gasteiger partial charge in [0.2, 0.25) is 0 Å². The molecule has 0 aliphatic carbocycles. The molecule has 0 fully saturated rings. The number of methoxy groups -OCH3 is 1. The van der Waals surface area contributed by atoms with Gasteiger partial charge in [0.05, 0.1) is 18.2 Å². The van der Waals surface area contributed by atoms with Gasteiger partial charge in [0.25, 0.3) is 5.91 Å². The highest BCUT2D eigenvalue weighted by atomic mass is 35.5. The molecule has 0 heterocycles. The number of carbonyl (C=O) groups excluding carboxylic acids is 1. The second kappa shape index (κ2) is 7.81. The van der Waals surface area contributed by atoms with E-state index in [4.69, 9.17) is 21.2 Å². The molecule has 0 aliphatic heterocycles. The maximum Gasteiger partial charge on any atom is 0.267 e. The number of hydrogen-bond acceptors (Lipinski definition) is 3. The lowest BCUT2D eigenvalue weighted by molar-refractivity contribution is -0.129. The van der Waals surface area contributed by atoms with E-state index in [9.17, 15) is 9.18 Å². The third-order valence-electron chi connectivity index (χ3n) is 1.93. The third kappa shape index (κ3) is 5.27. The van der Waals surface area contributed by atoms with E-state index in [1.165, 1.54) is 37.5 Å². The van der Waals surface area contributed by atoms with E-state index in [0.29, 0.717) is 12.2 Å². The molecule has 0 aliphatic rings. The summed E-state index contributed by atoms with van der Waals surface area (Å²) in [6.45, 7) is 0.649. The first-order chi connectivity index (χ1) is 8.63. The zero-order chi connectivity index (χ0) is 13.4. The van der Waals surface area contributed by atoms with Crippen molar-refractivity contribution in [2.24, 2.45) is 0 Å². The van der Waals surface area contributed by atoms with Crippen molar-refractivity contribution in [1.29, 1.82) is 0 Å². The Morgan fingerprint density at radius 1 is 1.50 bits per heavy atom. The van der Waals surface area contributed by atoms with Gasteiger partial charge in [0.15, 0.2) is 0 Å². The maximum absolute atomic E-state index is 12.9. The summed E-state index contributed by atoms with van der Waals surface area (Å²) in [4.78, 5) is 16.1. The molecule has 1 amide bonds. The molecule has 0 atom stereocenters. The van der Waals surface area contributed by atoms with E-state index in [0.717, 1.165) is 0 Å². The Bertz CT molecular complexity index is 437. The molecule has 0 bridgehead atoms. The van der Waals surface area contributed by atoms with Crippen molar-refractivity contribution in [2.45, 2.75) is 0 Å². The van der Waals surface area contributed by atoms with E-state index in [2.05, 4.69) is 5.48 Å². The Morgan fingerprint density at radius 2 is 2.28 bits per heavy atom. The third-order valence-corrected chi connectivity index (χ3v) is 2.22. The number of amides is 1. The number of carbonyl (C=O) groups is 1. The van der Waals surface area contributed by atoms with Crippen LogP contribution in [0.2, 0.25) is 5.02 Å². The average Bonchev–Trinajstić information content (AvgIpc) is 2.36. The summed E-state index contributed by atoms with van der Waals surface area (Å²) in [5, 5.41) is 0.00824. The van der Waals surface area contributed by atoms with Crippen LogP contribution in [0.5, 0.6) is 0 Å². The van der Waals surface area contributed by atoms with Crippen LogP contribution in [-0.2, 0) is 14.4 Å². The summed E-state index contributed by atoms with van der Waals surface area (Å²) in [5.41, 5.74) is 2.82. The maximum atomic E-state index is 12.9. The number of rotatable bonds is 6. The molecule has 0 saturated heterocycles. The van der Waals surface area contributed by atoms with Gasteiger partial charge in [-0.3, -0.25) is 9.63 Å². The molecule has 1 aromatic rings. The molecular formula is C12H13ClFNO3. The van der Waals surface area contributed by atoms with Gasteiger partial charge in [-0.2, -0.15) is 0 Å². The van der Waals surface area contributed by atoms with Crippen LogP contribution >= 0.6 is 11.6 Å². The van der Waals surface area contributed by atoms with Crippen LogP contribution in [0.4, 0.5) is 4.39 Å². The average molecular weight is 274 g/mol. The summed E-state index contributed by atoms with van der Waals surface area (Å²) in [6, 6.07) is 4.16. The van der Waals surface area contributed by atoms with Crippen molar-refractivity contribution in [3.8, 4) is 0 Å². The van der Waals surface area contributed by atoms with Crippen molar-refractivity contribution in [3.05, 3.63) is 40.7 Å². The van der Waals surface area contributed by atoms with E-state index in [1.54, 1.807) is 0 Å². The van der Waals surface area contributed by atoms with Crippen LogP contribution in [0, 0.1) is 5.82 Å². The smallest absolute Gasteiger partial charge is 0.267 e. The lowest BCUT2D eigenvalue weighted by Gasteiger charge is -2.02. The number of hydroxylamine groups is 1. The molecule has 1 rings (SSSR count). The van der Waals surface area contributed by atoms with Crippen molar-refractivity contribution >= 4 is 23.6 Å². The van der Waals surface area contributed by atoms with Gasteiger partial charge in [-0.15, -0.1) is 0 Å². The van der Waals surface area contributed by atoms with Crippen LogP contribution in [0.15, 0.2) is 24.3 Å². The highest BCUT2D eigenvalue weighted by Crippen LogP contribution is 2.16. The van der Waals surface area contributed by atoms with Crippen LogP contribution < -0.4 is 5.48 Å². The van der Waals surface area contributed by atoms with E-state index < -0.39 is 11.7 Å². The zero-order valence-corrected chi connectivity index (χ0v) is 10.5. The van der Waals surface area contributed by atoms with Crippen molar-refractivity contribution < 1.29 is 18.8 Å². The fraction of sp³-hybridized carbons (Fsp3) is 0.250. The normalized spacial score (nSPS) is 10.8. The van der Waals surface area contributed by atoms with Crippen molar-refractivity contribution in [3.63, 3.8) is 0 Å². The summed E-state index contributed by atoms with van der Waals surface area (Å²) < 4.78 is 17.6.